The van der Waals surface area contributed by atoms with Gasteiger partial charge in [0.25, 0.3) is 0 Å². The van der Waals surface area contributed by atoms with E-state index in [0.29, 0.717) is 30.3 Å². The first-order valence-electron chi connectivity index (χ1n) is 11.9. The van der Waals surface area contributed by atoms with Gasteiger partial charge in [0.05, 0.1) is 23.1 Å². The summed E-state index contributed by atoms with van der Waals surface area (Å²) in [5, 5.41) is 27.5. The van der Waals surface area contributed by atoms with E-state index in [0.717, 1.165) is 53.0 Å². The molecule has 3 atom stereocenters. The number of aliphatic hydroxyl groups excluding tert-OH is 2. The Balaban J connectivity index is 1.73. The van der Waals surface area contributed by atoms with E-state index < -0.39 is 6.10 Å². The van der Waals surface area contributed by atoms with E-state index >= 15 is 0 Å². The number of ether oxygens (including phenoxy) is 1. The van der Waals surface area contributed by atoms with Crippen LogP contribution in [0.25, 0.3) is 22.6 Å². The minimum Gasteiger partial charge on any atom is -0.491 e. The molecular weight excluding hydrogens is 432 g/mol. The van der Waals surface area contributed by atoms with Gasteiger partial charge in [-0.1, -0.05) is 23.7 Å². The molecule has 2 heterocycles. The minimum absolute atomic E-state index is 0.189. The van der Waals surface area contributed by atoms with Crippen LogP contribution < -0.4 is 10.1 Å². The summed E-state index contributed by atoms with van der Waals surface area (Å²) in [5.41, 5.74) is 5.22. The van der Waals surface area contributed by atoms with Crippen LogP contribution in [-0.4, -0.2) is 57.7 Å². The molecule has 1 unspecified atom stereocenters. The number of benzene rings is 1. The van der Waals surface area contributed by atoms with Gasteiger partial charge in [0.2, 0.25) is 0 Å². The van der Waals surface area contributed by atoms with Crippen LogP contribution in [0.5, 0.6) is 5.75 Å². The zero-order valence-electron chi connectivity index (χ0n) is 20.3. The van der Waals surface area contributed by atoms with Crippen molar-refractivity contribution in [3.63, 3.8) is 0 Å². The Kier molecular flexibility index (Phi) is 7.60. The van der Waals surface area contributed by atoms with E-state index in [1.165, 1.54) is 0 Å². The fourth-order valence-corrected chi connectivity index (χ4v) is 4.67. The molecule has 2 aromatic heterocycles. The van der Waals surface area contributed by atoms with Crippen LogP contribution in [0.1, 0.15) is 42.0 Å². The minimum atomic E-state index is -0.597. The molecule has 34 heavy (non-hydrogen) atoms. The Labute approximate surface area is 200 Å². The average molecular weight is 467 g/mol. The molecule has 1 fully saturated rings. The molecular formula is C26H34N4O4. The number of aromatic nitrogens is 3. The topological polar surface area (TPSA) is 114 Å². The Morgan fingerprint density at radius 3 is 2.71 bits per heavy atom. The Morgan fingerprint density at radius 1 is 1.21 bits per heavy atom. The molecule has 4 rings (SSSR count). The summed E-state index contributed by atoms with van der Waals surface area (Å²) >= 11 is 0. The number of likely N-dealkylation sites (N-methyl/N-ethyl adjacent to an activating group) is 1. The Morgan fingerprint density at radius 2 is 2.03 bits per heavy atom. The van der Waals surface area contributed by atoms with E-state index in [1.807, 2.05) is 45.0 Å². The highest BCUT2D eigenvalue weighted by molar-refractivity contribution is 5.71. The predicted octanol–water partition coefficient (Wildman–Crippen LogP) is 3.39. The van der Waals surface area contributed by atoms with Crippen molar-refractivity contribution in [1.82, 2.24) is 20.4 Å². The normalized spacial score (nSPS) is 18.9. The number of hydrogen-bond acceptors (Lipinski definition) is 8. The van der Waals surface area contributed by atoms with Gasteiger partial charge in [-0.15, -0.1) is 0 Å². The lowest BCUT2D eigenvalue weighted by Crippen LogP contribution is -2.29. The van der Waals surface area contributed by atoms with E-state index in [9.17, 15) is 10.2 Å². The summed E-state index contributed by atoms with van der Waals surface area (Å²) in [6.07, 6.45) is 2.69. The average Bonchev–Trinajstić information content (AvgIpc) is 3.38. The summed E-state index contributed by atoms with van der Waals surface area (Å²) in [6.45, 7) is 6.48. The van der Waals surface area contributed by atoms with Crippen molar-refractivity contribution >= 4 is 0 Å². The van der Waals surface area contributed by atoms with Crippen molar-refractivity contribution in [1.29, 1.82) is 0 Å². The summed E-state index contributed by atoms with van der Waals surface area (Å²) < 4.78 is 11.2. The maximum Gasteiger partial charge on any atom is 0.160 e. The molecule has 0 bridgehead atoms. The largest absolute Gasteiger partial charge is 0.491 e. The van der Waals surface area contributed by atoms with Gasteiger partial charge in [-0.05, 0) is 70.7 Å². The molecule has 0 aliphatic heterocycles. The fraction of sp³-hybridized carbons (Fsp3) is 0.500. The number of aryl methyl sites for hydroxylation is 2. The molecule has 3 N–H and O–H groups in total. The summed E-state index contributed by atoms with van der Waals surface area (Å²) in [7, 11) is 1.79. The summed E-state index contributed by atoms with van der Waals surface area (Å²) in [4.78, 5) is 9.89. The number of hydrogen-bond donors (Lipinski definition) is 3. The molecule has 1 aliphatic rings. The van der Waals surface area contributed by atoms with Gasteiger partial charge in [0, 0.05) is 17.8 Å². The maximum absolute atomic E-state index is 10.4. The molecule has 0 spiro atoms. The van der Waals surface area contributed by atoms with Gasteiger partial charge in [0.1, 0.15) is 24.2 Å². The zero-order chi connectivity index (χ0) is 24.2. The van der Waals surface area contributed by atoms with Crippen molar-refractivity contribution in [3.8, 4) is 28.4 Å². The molecule has 8 nitrogen and oxygen atoms in total. The monoisotopic (exact) mass is 466 g/mol. The first-order chi connectivity index (χ1) is 16.4. The molecule has 1 aromatic carbocycles. The highest BCUT2D eigenvalue weighted by Crippen LogP contribution is 2.35. The lowest BCUT2D eigenvalue weighted by molar-refractivity contribution is 0.108. The first-order valence-corrected chi connectivity index (χ1v) is 11.9. The van der Waals surface area contributed by atoms with Crippen LogP contribution >= 0.6 is 0 Å². The highest BCUT2D eigenvalue weighted by Gasteiger charge is 2.28. The van der Waals surface area contributed by atoms with Crippen LogP contribution in [-0.2, 0) is 6.42 Å². The number of nitrogens with one attached hydrogen (secondary N) is 1. The quantitative estimate of drug-likeness (QED) is 0.440. The lowest BCUT2D eigenvalue weighted by Gasteiger charge is -2.18. The second-order valence-corrected chi connectivity index (χ2v) is 9.18. The van der Waals surface area contributed by atoms with Crippen molar-refractivity contribution in [3.05, 3.63) is 47.0 Å². The SMILES string of the molecule is CNCC(O)COc1cccc(-c2nc(C[C@@H]3CCC[C@@H]3O)c(C)c(-c3c(C)noc3C)n2)c1. The van der Waals surface area contributed by atoms with Crippen LogP contribution in [0.3, 0.4) is 0 Å². The molecule has 1 saturated carbocycles. The van der Waals surface area contributed by atoms with Gasteiger partial charge < -0.3 is 24.8 Å². The van der Waals surface area contributed by atoms with Crippen LogP contribution in [0.4, 0.5) is 0 Å². The first kappa shape index (κ1) is 24.3. The molecule has 0 radical (unpaired) electrons. The third kappa shape index (κ3) is 5.29. The lowest BCUT2D eigenvalue weighted by atomic mass is 9.94. The van der Waals surface area contributed by atoms with Crippen molar-refractivity contribution < 1.29 is 19.5 Å². The van der Waals surface area contributed by atoms with Gasteiger partial charge in [-0.3, -0.25) is 0 Å². The van der Waals surface area contributed by atoms with E-state index in [2.05, 4.69) is 10.5 Å². The molecule has 182 valence electrons. The number of aliphatic hydroxyl groups is 2. The highest BCUT2D eigenvalue weighted by atomic mass is 16.5. The molecule has 3 aromatic rings. The molecule has 0 amide bonds. The Bertz CT molecular complexity index is 1110. The fourth-order valence-electron chi connectivity index (χ4n) is 4.67. The van der Waals surface area contributed by atoms with Gasteiger partial charge in [-0.2, -0.15) is 0 Å². The predicted molar refractivity (Wildman–Crippen MR) is 130 cm³/mol. The third-order valence-corrected chi connectivity index (χ3v) is 6.57. The van der Waals surface area contributed by atoms with Gasteiger partial charge in [-0.25, -0.2) is 9.97 Å². The second-order valence-electron chi connectivity index (χ2n) is 9.18. The molecule has 1 aliphatic carbocycles. The zero-order valence-corrected chi connectivity index (χ0v) is 20.3. The summed E-state index contributed by atoms with van der Waals surface area (Å²) in [5.74, 6) is 2.14. The van der Waals surface area contributed by atoms with E-state index in [4.69, 9.17) is 19.2 Å². The second kappa shape index (κ2) is 10.6. The van der Waals surface area contributed by atoms with Crippen LogP contribution in [0.15, 0.2) is 28.8 Å². The maximum atomic E-state index is 10.4. The number of nitrogens with zero attached hydrogens (tertiary/aromatic N) is 3. The number of rotatable bonds is 9. The van der Waals surface area contributed by atoms with Crippen molar-refractivity contribution in [2.45, 2.75) is 58.7 Å². The van der Waals surface area contributed by atoms with Crippen molar-refractivity contribution in [2.24, 2.45) is 5.92 Å². The van der Waals surface area contributed by atoms with Crippen molar-refractivity contribution in [2.75, 3.05) is 20.2 Å². The van der Waals surface area contributed by atoms with E-state index in [-0.39, 0.29) is 18.6 Å². The molecule has 8 heteroatoms. The van der Waals surface area contributed by atoms with E-state index in [1.54, 1.807) is 7.05 Å². The van der Waals surface area contributed by atoms with Gasteiger partial charge in [0.15, 0.2) is 5.82 Å². The van der Waals surface area contributed by atoms with Crippen LogP contribution in [0, 0.1) is 26.7 Å². The van der Waals surface area contributed by atoms with Crippen LogP contribution in [0.2, 0.25) is 0 Å². The third-order valence-electron chi connectivity index (χ3n) is 6.57. The standard InChI is InChI=1S/C26H34N4O4/c1-15-22(12-18-7-6-10-23(18)32)28-26(29-25(15)24-16(2)30-34-17(24)3)19-8-5-9-21(11-19)33-14-20(31)13-27-4/h5,8-9,11,18,20,23,27,31-32H,6-7,10,12-14H2,1-4H3/t18-,20?,23-/m0/s1. The smallest absolute Gasteiger partial charge is 0.160 e. The Hall–Kier alpha value is -2.81. The van der Waals surface area contributed by atoms with Gasteiger partial charge >= 0.3 is 0 Å². The molecule has 0 saturated heterocycles. The summed E-state index contributed by atoms with van der Waals surface area (Å²) in [6, 6.07) is 7.60.